The summed E-state index contributed by atoms with van der Waals surface area (Å²) in [5, 5.41) is 0. The Morgan fingerprint density at radius 2 is 2.44 bits per heavy atom. The summed E-state index contributed by atoms with van der Waals surface area (Å²) in [7, 11) is 0. The van der Waals surface area contributed by atoms with E-state index in [2.05, 4.69) is 12.0 Å². The van der Waals surface area contributed by atoms with Crippen LogP contribution in [-0.4, -0.2) is 17.4 Å². The van der Waals surface area contributed by atoms with Gasteiger partial charge in [0.05, 0.1) is 0 Å². The van der Waals surface area contributed by atoms with Gasteiger partial charge in [0.1, 0.15) is 0 Å². The molecule has 1 amide bonds. The quantitative estimate of drug-likeness (QED) is 0.432. The Hall–Kier alpha value is -0.970. The zero-order valence-corrected chi connectivity index (χ0v) is 5.48. The first kappa shape index (κ1) is 6.15. The van der Waals surface area contributed by atoms with Crippen molar-refractivity contribution < 1.29 is 4.79 Å². The van der Waals surface area contributed by atoms with Gasteiger partial charge in [0.25, 0.3) is 0 Å². The topological polar surface area (TPSA) is 20.3 Å². The standard InChI is InChI=1S/C7H9NO/c1-2-5-8-6-3-4-7(8)9/h3-4,6H2,1H3. The average Bonchev–Trinajstić information content (AvgIpc) is 2.18. The monoisotopic (exact) mass is 123 g/mol. The van der Waals surface area contributed by atoms with Gasteiger partial charge < -0.3 is 0 Å². The smallest absolute Gasteiger partial charge is 0.234 e. The second-order valence-electron chi connectivity index (χ2n) is 2.01. The van der Waals surface area contributed by atoms with E-state index < -0.39 is 0 Å². The number of amides is 1. The summed E-state index contributed by atoms with van der Waals surface area (Å²) in [5.41, 5.74) is 0. The molecule has 1 rings (SSSR count). The highest BCUT2D eigenvalue weighted by Crippen LogP contribution is 2.06. The molecule has 1 aliphatic heterocycles. The van der Waals surface area contributed by atoms with Gasteiger partial charge in [-0.1, -0.05) is 5.92 Å². The lowest BCUT2D eigenvalue weighted by Crippen LogP contribution is -2.17. The van der Waals surface area contributed by atoms with Gasteiger partial charge >= 0.3 is 0 Å². The number of hydrogen-bond donors (Lipinski definition) is 0. The van der Waals surface area contributed by atoms with Crippen LogP contribution in [0.4, 0.5) is 0 Å². The van der Waals surface area contributed by atoms with Gasteiger partial charge in [-0.3, -0.25) is 9.69 Å². The summed E-state index contributed by atoms with van der Waals surface area (Å²) in [6.07, 6.45) is 1.64. The molecule has 1 aliphatic rings. The van der Waals surface area contributed by atoms with Crippen LogP contribution in [0, 0.1) is 12.0 Å². The SMILES string of the molecule is CC#CN1CCCC1=O. The van der Waals surface area contributed by atoms with Crippen LogP contribution in [0.15, 0.2) is 0 Å². The average molecular weight is 123 g/mol. The first-order valence-electron chi connectivity index (χ1n) is 3.07. The van der Waals surface area contributed by atoms with Crippen LogP contribution < -0.4 is 0 Å². The molecule has 1 fully saturated rings. The molecule has 0 saturated carbocycles. The van der Waals surface area contributed by atoms with Crippen molar-refractivity contribution in [2.45, 2.75) is 19.8 Å². The molecule has 0 radical (unpaired) electrons. The summed E-state index contributed by atoms with van der Waals surface area (Å²) in [6.45, 7) is 2.56. The first-order valence-corrected chi connectivity index (χ1v) is 3.07. The van der Waals surface area contributed by atoms with E-state index >= 15 is 0 Å². The lowest BCUT2D eigenvalue weighted by molar-refractivity contribution is -0.124. The van der Waals surface area contributed by atoms with Crippen molar-refractivity contribution in [2.75, 3.05) is 6.54 Å². The molecule has 0 bridgehead atoms. The van der Waals surface area contributed by atoms with E-state index in [4.69, 9.17) is 0 Å². The van der Waals surface area contributed by atoms with E-state index in [-0.39, 0.29) is 5.91 Å². The van der Waals surface area contributed by atoms with E-state index in [9.17, 15) is 4.79 Å². The molecule has 0 aromatic carbocycles. The number of hydrogen-bond acceptors (Lipinski definition) is 1. The van der Waals surface area contributed by atoms with E-state index in [1.54, 1.807) is 11.8 Å². The van der Waals surface area contributed by atoms with Crippen LogP contribution in [-0.2, 0) is 4.79 Å². The Bertz CT molecular complexity index is 175. The maximum atomic E-state index is 10.8. The minimum absolute atomic E-state index is 0.171. The third-order valence-corrected chi connectivity index (χ3v) is 1.32. The minimum atomic E-state index is 0.171. The molecular weight excluding hydrogens is 114 g/mol. The molecular formula is C7H9NO. The molecule has 0 aromatic heterocycles. The highest BCUT2D eigenvalue weighted by Gasteiger charge is 2.17. The predicted molar refractivity (Wildman–Crippen MR) is 34.4 cm³/mol. The van der Waals surface area contributed by atoms with E-state index in [0.29, 0.717) is 6.42 Å². The maximum absolute atomic E-state index is 10.8. The van der Waals surface area contributed by atoms with Gasteiger partial charge in [0.15, 0.2) is 0 Å². The molecule has 0 unspecified atom stereocenters. The normalized spacial score (nSPS) is 17.4. The van der Waals surface area contributed by atoms with Crippen molar-refractivity contribution in [2.24, 2.45) is 0 Å². The first-order chi connectivity index (χ1) is 4.34. The second-order valence-corrected chi connectivity index (χ2v) is 2.01. The van der Waals surface area contributed by atoms with Gasteiger partial charge in [-0.25, -0.2) is 0 Å². The molecule has 0 N–H and O–H groups in total. The summed E-state index contributed by atoms with van der Waals surface area (Å²) in [5.74, 6) is 2.87. The van der Waals surface area contributed by atoms with Crippen molar-refractivity contribution in [3.63, 3.8) is 0 Å². The van der Waals surface area contributed by atoms with Gasteiger partial charge in [-0.05, 0) is 13.3 Å². The number of rotatable bonds is 0. The summed E-state index contributed by atoms with van der Waals surface area (Å²) in [6, 6.07) is 2.73. The highest BCUT2D eigenvalue weighted by atomic mass is 16.2. The lowest BCUT2D eigenvalue weighted by atomic mass is 10.4. The fourth-order valence-corrected chi connectivity index (χ4v) is 0.901. The fourth-order valence-electron chi connectivity index (χ4n) is 0.901. The van der Waals surface area contributed by atoms with Crippen molar-refractivity contribution >= 4 is 5.91 Å². The molecule has 0 atom stereocenters. The number of nitrogens with zero attached hydrogens (tertiary/aromatic N) is 1. The lowest BCUT2D eigenvalue weighted by Gasteiger charge is -2.02. The molecule has 0 spiro atoms. The molecule has 48 valence electrons. The van der Waals surface area contributed by atoms with E-state index in [1.807, 2.05) is 0 Å². The molecule has 2 heteroatoms. The van der Waals surface area contributed by atoms with Crippen molar-refractivity contribution in [3.8, 4) is 12.0 Å². The largest absolute Gasteiger partial charge is 0.274 e. The number of carbonyl (C=O) groups excluding carboxylic acids is 1. The Morgan fingerprint density at radius 3 is 2.89 bits per heavy atom. The van der Waals surface area contributed by atoms with Crippen LogP contribution in [0.5, 0.6) is 0 Å². The van der Waals surface area contributed by atoms with Gasteiger partial charge in [0.2, 0.25) is 5.91 Å². The minimum Gasteiger partial charge on any atom is -0.274 e. The molecule has 0 aromatic rings. The molecule has 1 heterocycles. The van der Waals surface area contributed by atoms with Crippen LogP contribution in [0.1, 0.15) is 19.8 Å². The number of carbonyl (C=O) groups is 1. The fraction of sp³-hybridized carbons (Fsp3) is 0.571. The molecule has 1 saturated heterocycles. The maximum Gasteiger partial charge on any atom is 0.234 e. The zero-order chi connectivity index (χ0) is 6.69. The summed E-state index contributed by atoms with van der Waals surface area (Å²) in [4.78, 5) is 12.4. The Labute approximate surface area is 54.8 Å². The van der Waals surface area contributed by atoms with Crippen molar-refractivity contribution in [1.82, 2.24) is 4.90 Å². The van der Waals surface area contributed by atoms with Gasteiger partial charge in [-0.15, -0.1) is 0 Å². The van der Waals surface area contributed by atoms with Crippen LogP contribution >= 0.6 is 0 Å². The summed E-state index contributed by atoms with van der Waals surface area (Å²) >= 11 is 0. The third-order valence-electron chi connectivity index (χ3n) is 1.32. The second kappa shape index (κ2) is 2.54. The van der Waals surface area contributed by atoms with Crippen molar-refractivity contribution in [1.29, 1.82) is 0 Å². The number of likely N-dealkylation sites (tertiary alicyclic amines) is 1. The summed E-state index contributed by atoms with van der Waals surface area (Å²) < 4.78 is 0. The molecule has 2 nitrogen and oxygen atoms in total. The molecule has 9 heavy (non-hydrogen) atoms. The van der Waals surface area contributed by atoms with Crippen molar-refractivity contribution in [3.05, 3.63) is 0 Å². The highest BCUT2D eigenvalue weighted by molar-refractivity contribution is 5.79. The predicted octanol–water partition coefficient (Wildman–Crippen LogP) is 0.590. The Morgan fingerprint density at radius 1 is 1.67 bits per heavy atom. The van der Waals surface area contributed by atoms with E-state index in [1.165, 1.54) is 0 Å². The molecule has 0 aliphatic carbocycles. The van der Waals surface area contributed by atoms with Crippen LogP contribution in [0.2, 0.25) is 0 Å². The van der Waals surface area contributed by atoms with Crippen LogP contribution in [0.3, 0.4) is 0 Å². The van der Waals surface area contributed by atoms with E-state index in [0.717, 1.165) is 13.0 Å². The van der Waals surface area contributed by atoms with Gasteiger partial charge in [-0.2, -0.15) is 0 Å². The Kier molecular flexibility index (Phi) is 1.74. The Balaban J connectivity index is 2.56. The zero-order valence-electron chi connectivity index (χ0n) is 5.48. The third kappa shape index (κ3) is 1.23. The van der Waals surface area contributed by atoms with Crippen LogP contribution in [0.25, 0.3) is 0 Å². The van der Waals surface area contributed by atoms with Gasteiger partial charge in [0, 0.05) is 19.0 Å².